The van der Waals surface area contributed by atoms with E-state index < -0.39 is 5.91 Å². The highest BCUT2D eigenvalue weighted by Crippen LogP contribution is 2.37. The smallest absolute Gasteiger partial charge is 0.261 e. The number of aromatic hydroxyl groups is 1. The molecule has 0 bridgehead atoms. The molecule has 2 aromatic heterocycles. The van der Waals surface area contributed by atoms with E-state index in [-0.39, 0.29) is 11.3 Å². The number of phenolic OH excluding ortho intramolecular Hbond substituents is 1. The van der Waals surface area contributed by atoms with Crippen LogP contribution in [0.1, 0.15) is 9.67 Å². The third-order valence-corrected chi connectivity index (χ3v) is 5.30. The Labute approximate surface area is 158 Å². The van der Waals surface area contributed by atoms with Crippen molar-refractivity contribution < 1.29 is 9.90 Å². The second-order valence-electron chi connectivity index (χ2n) is 5.91. The summed E-state index contributed by atoms with van der Waals surface area (Å²) < 4.78 is 1.56. The third kappa shape index (κ3) is 3.04. The fraction of sp³-hybridized carbons (Fsp3) is 0. The molecule has 0 spiro atoms. The maximum absolute atomic E-state index is 12.5. The molecule has 0 saturated heterocycles. The molecule has 0 aliphatic carbocycles. The van der Waals surface area contributed by atoms with Gasteiger partial charge >= 0.3 is 0 Å². The maximum atomic E-state index is 12.5. The highest BCUT2D eigenvalue weighted by atomic mass is 32.1. The second-order valence-corrected chi connectivity index (χ2v) is 6.91. The number of benzene rings is 2. The zero-order valence-electron chi connectivity index (χ0n) is 14.0. The topological polar surface area (TPSA) is 97.4 Å². The van der Waals surface area contributed by atoms with Crippen molar-refractivity contribution in [3.63, 3.8) is 0 Å². The molecule has 1 amide bonds. The van der Waals surface area contributed by atoms with Crippen molar-refractivity contribution in [2.45, 2.75) is 0 Å². The van der Waals surface area contributed by atoms with Gasteiger partial charge in [0.15, 0.2) is 0 Å². The molecule has 0 fully saturated rings. The number of anilines is 2. The number of phenols is 1. The predicted octanol–water partition coefficient (Wildman–Crippen LogP) is 3.60. The predicted molar refractivity (Wildman–Crippen MR) is 107 cm³/mol. The van der Waals surface area contributed by atoms with Crippen molar-refractivity contribution in [2.75, 3.05) is 5.32 Å². The zero-order chi connectivity index (χ0) is 19.0. The van der Waals surface area contributed by atoms with Gasteiger partial charge in [0.05, 0.1) is 11.4 Å². The Hall–Kier alpha value is -3.58. The molecule has 4 N–H and O–H groups in total. The lowest BCUT2D eigenvalue weighted by Gasteiger charge is -2.09. The first kappa shape index (κ1) is 16.9. The summed E-state index contributed by atoms with van der Waals surface area (Å²) >= 11 is 1.15. The summed E-state index contributed by atoms with van der Waals surface area (Å²) in [5, 5.41) is 13.5. The molecular formula is C20H15N3O3S. The fourth-order valence-corrected chi connectivity index (χ4v) is 4.05. The number of carbonyl (C=O) groups excluding carboxylic acids is 1. The van der Waals surface area contributed by atoms with Gasteiger partial charge in [-0.25, -0.2) is 0 Å². The van der Waals surface area contributed by atoms with Crippen molar-refractivity contribution in [1.82, 2.24) is 4.57 Å². The van der Waals surface area contributed by atoms with E-state index in [1.165, 1.54) is 6.07 Å². The number of fused-ring (bicyclic) bond motifs is 1. The lowest BCUT2D eigenvalue weighted by atomic mass is 10.2. The lowest BCUT2D eigenvalue weighted by Crippen LogP contribution is -2.16. The number of carbonyl (C=O) groups is 1. The van der Waals surface area contributed by atoms with Crippen molar-refractivity contribution in [3.8, 4) is 11.4 Å². The Bertz CT molecular complexity index is 1210. The summed E-state index contributed by atoms with van der Waals surface area (Å²) in [5.74, 6) is -0.493. The standard InChI is InChI=1S/C20H15N3O3S/c21-19(26)18-17(22-12-5-4-8-14(24)11-12)15-9-10-16(25)23(20(15)27-18)13-6-2-1-3-7-13/h1-11,22,24H,(H2,21,26). The van der Waals surface area contributed by atoms with E-state index in [2.05, 4.69) is 5.32 Å². The van der Waals surface area contributed by atoms with Gasteiger partial charge in [0.1, 0.15) is 15.5 Å². The molecule has 0 saturated carbocycles. The van der Waals surface area contributed by atoms with E-state index in [4.69, 9.17) is 5.73 Å². The van der Waals surface area contributed by atoms with Gasteiger partial charge in [0, 0.05) is 23.2 Å². The number of hydrogen-bond donors (Lipinski definition) is 3. The van der Waals surface area contributed by atoms with Crippen LogP contribution >= 0.6 is 11.3 Å². The molecule has 0 radical (unpaired) electrons. The minimum atomic E-state index is -0.592. The molecule has 27 heavy (non-hydrogen) atoms. The number of hydrogen-bond acceptors (Lipinski definition) is 5. The summed E-state index contributed by atoms with van der Waals surface area (Å²) in [7, 11) is 0. The average molecular weight is 377 g/mol. The van der Waals surface area contributed by atoms with Crippen LogP contribution in [0.4, 0.5) is 11.4 Å². The van der Waals surface area contributed by atoms with Crippen molar-refractivity contribution in [2.24, 2.45) is 5.73 Å². The summed E-state index contributed by atoms with van der Waals surface area (Å²) in [6.45, 7) is 0. The minimum Gasteiger partial charge on any atom is -0.508 e. The highest BCUT2D eigenvalue weighted by molar-refractivity contribution is 7.21. The molecule has 4 aromatic rings. The first-order valence-corrected chi connectivity index (χ1v) is 8.96. The Balaban J connectivity index is 1.98. The van der Waals surface area contributed by atoms with Crippen molar-refractivity contribution in [1.29, 1.82) is 0 Å². The molecule has 0 unspecified atom stereocenters. The van der Waals surface area contributed by atoms with Crippen LogP contribution in [0.5, 0.6) is 5.75 Å². The molecule has 0 atom stereocenters. The van der Waals surface area contributed by atoms with Gasteiger partial charge < -0.3 is 16.2 Å². The van der Waals surface area contributed by atoms with Gasteiger partial charge in [0.2, 0.25) is 0 Å². The van der Waals surface area contributed by atoms with Gasteiger partial charge in [-0.3, -0.25) is 14.2 Å². The number of rotatable bonds is 4. The molecular weight excluding hydrogens is 362 g/mol. The molecule has 7 heteroatoms. The molecule has 134 valence electrons. The highest BCUT2D eigenvalue weighted by Gasteiger charge is 2.20. The lowest BCUT2D eigenvalue weighted by molar-refractivity contribution is 0.100. The van der Waals surface area contributed by atoms with Gasteiger partial charge in [0.25, 0.3) is 11.5 Å². The number of thiophene rings is 1. The van der Waals surface area contributed by atoms with Crippen LogP contribution in [0.15, 0.2) is 71.5 Å². The summed E-state index contributed by atoms with van der Waals surface area (Å²) in [6.07, 6.45) is 0. The van der Waals surface area contributed by atoms with Gasteiger partial charge in [-0.15, -0.1) is 11.3 Å². The normalized spacial score (nSPS) is 10.8. The van der Waals surface area contributed by atoms with Gasteiger partial charge in [-0.05, 0) is 30.3 Å². The minimum absolute atomic E-state index is 0.0985. The van der Waals surface area contributed by atoms with Crippen LogP contribution in [0.3, 0.4) is 0 Å². The Morgan fingerprint density at radius 2 is 1.81 bits per heavy atom. The molecule has 4 rings (SSSR count). The summed E-state index contributed by atoms with van der Waals surface area (Å²) in [4.78, 5) is 25.5. The molecule has 6 nitrogen and oxygen atoms in total. The SMILES string of the molecule is NC(=O)c1sc2c(ccc(=O)n2-c2ccccc2)c1Nc1cccc(O)c1. The Morgan fingerprint density at radius 1 is 1.04 bits per heavy atom. The van der Waals surface area contributed by atoms with Crippen LogP contribution in [-0.2, 0) is 0 Å². The van der Waals surface area contributed by atoms with Crippen molar-refractivity contribution in [3.05, 3.63) is 82.0 Å². The van der Waals surface area contributed by atoms with Crippen LogP contribution < -0.4 is 16.6 Å². The van der Waals surface area contributed by atoms with E-state index in [0.29, 0.717) is 32.2 Å². The zero-order valence-corrected chi connectivity index (χ0v) is 14.9. The number of pyridine rings is 1. The van der Waals surface area contributed by atoms with E-state index in [0.717, 1.165) is 11.3 Å². The van der Waals surface area contributed by atoms with E-state index in [9.17, 15) is 14.7 Å². The van der Waals surface area contributed by atoms with Gasteiger partial charge in [-0.1, -0.05) is 24.3 Å². The number of amides is 1. The first-order chi connectivity index (χ1) is 13.0. The molecule has 0 aliphatic heterocycles. The molecule has 0 aliphatic rings. The summed E-state index contributed by atoms with van der Waals surface area (Å²) in [6, 6.07) is 18.9. The Kier molecular flexibility index (Phi) is 4.13. The second kappa shape index (κ2) is 6.62. The largest absolute Gasteiger partial charge is 0.508 e. The van der Waals surface area contributed by atoms with Gasteiger partial charge in [-0.2, -0.15) is 0 Å². The quantitative estimate of drug-likeness (QED) is 0.506. The summed E-state index contributed by atoms with van der Waals surface area (Å²) in [5.41, 5.74) is 7.21. The number of nitrogens with two attached hydrogens (primary N) is 1. The van der Waals surface area contributed by atoms with Crippen LogP contribution in [-0.4, -0.2) is 15.6 Å². The fourth-order valence-electron chi connectivity index (χ4n) is 2.93. The van der Waals surface area contributed by atoms with Crippen molar-refractivity contribution >= 4 is 38.8 Å². The van der Waals surface area contributed by atoms with Crippen LogP contribution in [0.25, 0.3) is 15.9 Å². The van der Waals surface area contributed by atoms with Crippen LogP contribution in [0.2, 0.25) is 0 Å². The maximum Gasteiger partial charge on any atom is 0.261 e. The van der Waals surface area contributed by atoms with Crippen LogP contribution in [0, 0.1) is 0 Å². The monoisotopic (exact) mass is 377 g/mol. The van der Waals surface area contributed by atoms with E-state index >= 15 is 0 Å². The number of primary amides is 1. The number of nitrogens with one attached hydrogen (secondary N) is 1. The number of nitrogens with zero attached hydrogens (tertiary/aromatic N) is 1. The third-order valence-electron chi connectivity index (χ3n) is 4.10. The van der Waals surface area contributed by atoms with E-state index in [1.807, 2.05) is 30.3 Å². The van der Waals surface area contributed by atoms with E-state index in [1.54, 1.807) is 34.9 Å². The first-order valence-electron chi connectivity index (χ1n) is 8.14. The molecule has 2 heterocycles. The average Bonchev–Trinajstić information content (AvgIpc) is 3.01. The number of para-hydroxylation sites is 1. The number of aromatic nitrogens is 1. The molecule has 2 aromatic carbocycles. The Morgan fingerprint density at radius 3 is 2.52 bits per heavy atom.